The Hall–Kier alpha value is -2.58. The highest BCUT2D eigenvalue weighted by Gasteiger charge is 2.42. The van der Waals surface area contributed by atoms with Crippen molar-refractivity contribution in [3.63, 3.8) is 0 Å². The molecule has 0 radical (unpaired) electrons. The van der Waals surface area contributed by atoms with Crippen molar-refractivity contribution < 1.29 is 29.0 Å². The van der Waals surface area contributed by atoms with E-state index in [1.165, 1.54) is 24.9 Å². The Morgan fingerprint density at radius 2 is 1.34 bits per heavy atom. The standard InChI is InChI=1S/C26H47N3O6/c1-15(2)17(14-16(3)22(32)33)27-20(30)18(24(4,5)6)28-21(31)19(25(7,8)9)29(13)23(34)35-26(10,11)12/h14-15,17-19H,1-13H3,(H,27,30)(H,28,31)(H,32,33)/b16-14+/t17-,18-,19-/m1/s1. The molecule has 0 unspecified atom stereocenters. The molecule has 0 heterocycles. The molecule has 0 bridgehead atoms. The number of carboxylic acids is 1. The molecule has 0 aromatic rings. The van der Waals surface area contributed by atoms with Crippen LogP contribution in [0.4, 0.5) is 4.79 Å². The maximum atomic E-state index is 13.5. The van der Waals surface area contributed by atoms with Gasteiger partial charge in [0.2, 0.25) is 11.8 Å². The van der Waals surface area contributed by atoms with Gasteiger partial charge in [-0.3, -0.25) is 14.5 Å². The first-order chi connectivity index (χ1) is 15.5. The van der Waals surface area contributed by atoms with Crippen LogP contribution in [-0.4, -0.2) is 64.7 Å². The van der Waals surface area contributed by atoms with E-state index in [0.29, 0.717) is 0 Å². The van der Waals surface area contributed by atoms with Gasteiger partial charge in [0, 0.05) is 12.6 Å². The molecule has 9 heteroatoms. The van der Waals surface area contributed by atoms with E-state index < -0.39 is 58.4 Å². The van der Waals surface area contributed by atoms with E-state index in [0.717, 1.165) is 0 Å². The highest BCUT2D eigenvalue weighted by Crippen LogP contribution is 2.27. The fourth-order valence-electron chi connectivity index (χ4n) is 3.47. The van der Waals surface area contributed by atoms with Crippen LogP contribution in [0.15, 0.2) is 11.6 Å². The molecule has 3 amide bonds. The number of rotatable bonds is 8. The van der Waals surface area contributed by atoms with Crippen molar-refractivity contribution in [2.24, 2.45) is 16.7 Å². The number of amides is 3. The molecule has 0 spiro atoms. The van der Waals surface area contributed by atoms with Crippen LogP contribution in [0.2, 0.25) is 0 Å². The molecule has 9 nitrogen and oxygen atoms in total. The minimum absolute atomic E-state index is 0.0785. The first-order valence-corrected chi connectivity index (χ1v) is 12.0. The third-order valence-corrected chi connectivity index (χ3v) is 5.35. The van der Waals surface area contributed by atoms with Crippen LogP contribution < -0.4 is 10.6 Å². The van der Waals surface area contributed by atoms with Gasteiger partial charge >= 0.3 is 12.1 Å². The Balaban J connectivity index is 6.04. The average Bonchev–Trinajstić information content (AvgIpc) is 2.61. The number of carbonyl (C=O) groups is 4. The predicted octanol–water partition coefficient (Wildman–Crippen LogP) is 3.97. The molecule has 0 saturated carbocycles. The molecule has 0 aromatic carbocycles. The van der Waals surface area contributed by atoms with E-state index in [4.69, 9.17) is 4.74 Å². The van der Waals surface area contributed by atoms with Crippen molar-refractivity contribution in [1.82, 2.24) is 15.5 Å². The zero-order valence-electron chi connectivity index (χ0n) is 23.8. The van der Waals surface area contributed by atoms with Crippen molar-refractivity contribution in [2.45, 2.75) is 107 Å². The maximum absolute atomic E-state index is 13.5. The summed E-state index contributed by atoms with van der Waals surface area (Å²) in [4.78, 5) is 52.1. The lowest BCUT2D eigenvalue weighted by Crippen LogP contribution is -2.61. The predicted molar refractivity (Wildman–Crippen MR) is 137 cm³/mol. The van der Waals surface area contributed by atoms with Crippen molar-refractivity contribution >= 4 is 23.9 Å². The summed E-state index contributed by atoms with van der Waals surface area (Å²) >= 11 is 0. The van der Waals surface area contributed by atoms with E-state index in [2.05, 4.69) is 10.6 Å². The van der Waals surface area contributed by atoms with Crippen LogP contribution >= 0.6 is 0 Å². The van der Waals surface area contributed by atoms with Crippen molar-refractivity contribution in [2.75, 3.05) is 7.05 Å². The molecule has 0 aromatic heterocycles. The highest BCUT2D eigenvalue weighted by molar-refractivity contribution is 5.92. The molecule has 0 rings (SSSR count). The number of hydrogen-bond donors (Lipinski definition) is 3. The smallest absolute Gasteiger partial charge is 0.410 e. The van der Waals surface area contributed by atoms with Crippen LogP contribution in [0.25, 0.3) is 0 Å². The molecule has 3 atom stereocenters. The largest absolute Gasteiger partial charge is 0.478 e. The van der Waals surface area contributed by atoms with Crippen LogP contribution in [0.3, 0.4) is 0 Å². The summed E-state index contributed by atoms with van der Waals surface area (Å²) in [5.74, 6) is -2.07. The van der Waals surface area contributed by atoms with Gasteiger partial charge in [0.15, 0.2) is 0 Å². The molecule has 0 aliphatic heterocycles. The summed E-state index contributed by atoms with van der Waals surface area (Å²) in [6, 6.07) is -2.39. The fourth-order valence-corrected chi connectivity index (χ4v) is 3.47. The van der Waals surface area contributed by atoms with Gasteiger partial charge in [0.1, 0.15) is 17.7 Å². The Labute approximate surface area is 211 Å². The third-order valence-electron chi connectivity index (χ3n) is 5.35. The summed E-state index contributed by atoms with van der Waals surface area (Å²) in [6.45, 7) is 21.4. The topological polar surface area (TPSA) is 125 Å². The molecule has 0 saturated heterocycles. The SMILES string of the molecule is C/C(=C\[C@@H](NC(=O)[C@@H](NC(=O)[C@@H](N(C)C(=O)OC(C)(C)C)C(C)(C)C)C(C)(C)C)C(C)C)C(=O)O. The molecule has 202 valence electrons. The van der Waals surface area contributed by atoms with E-state index >= 15 is 0 Å². The van der Waals surface area contributed by atoms with E-state index in [1.807, 2.05) is 55.4 Å². The lowest BCUT2D eigenvalue weighted by molar-refractivity contribution is -0.136. The normalized spacial score (nSPS) is 15.7. The molecule has 35 heavy (non-hydrogen) atoms. The first kappa shape index (κ1) is 32.4. The Kier molecular flexibility index (Phi) is 11.0. The number of ether oxygens (including phenoxy) is 1. The summed E-state index contributed by atoms with van der Waals surface area (Å²) < 4.78 is 5.45. The van der Waals surface area contributed by atoms with E-state index in [-0.39, 0.29) is 11.5 Å². The number of carbonyl (C=O) groups excluding carboxylic acids is 3. The second-order valence-corrected chi connectivity index (χ2v) is 12.6. The van der Waals surface area contributed by atoms with Crippen LogP contribution in [0.5, 0.6) is 0 Å². The maximum Gasteiger partial charge on any atom is 0.410 e. The molecule has 0 fully saturated rings. The van der Waals surface area contributed by atoms with Crippen LogP contribution in [0.1, 0.15) is 83.1 Å². The van der Waals surface area contributed by atoms with Crippen molar-refractivity contribution in [3.8, 4) is 0 Å². The summed E-state index contributed by atoms with van der Waals surface area (Å²) in [7, 11) is 1.50. The number of carboxylic acid groups (broad SMARTS) is 1. The molecule has 0 aliphatic carbocycles. The number of hydrogen-bond acceptors (Lipinski definition) is 5. The van der Waals surface area contributed by atoms with Gasteiger partial charge in [-0.15, -0.1) is 0 Å². The van der Waals surface area contributed by atoms with E-state index in [9.17, 15) is 24.3 Å². The number of nitrogens with one attached hydrogen (secondary N) is 2. The fraction of sp³-hybridized carbons (Fsp3) is 0.769. The van der Waals surface area contributed by atoms with Crippen molar-refractivity contribution in [1.29, 1.82) is 0 Å². The summed E-state index contributed by atoms with van der Waals surface area (Å²) in [5, 5.41) is 14.9. The number of aliphatic carboxylic acids is 1. The van der Waals surface area contributed by atoms with Gasteiger partial charge < -0.3 is 20.5 Å². The van der Waals surface area contributed by atoms with Crippen molar-refractivity contribution in [3.05, 3.63) is 11.6 Å². The summed E-state index contributed by atoms with van der Waals surface area (Å²) in [6.07, 6.45) is 0.860. The zero-order chi connectivity index (χ0) is 28.1. The molecule has 3 N–H and O–H groups in total. The number of likely N-dealkylation sites (N-methyl/N-ethyl adjacent to an activating group) is 1. The second-order valence-electron chi connectivity index (χ2n) is 12.6. The Bertz CT molecular complexity index is 812. The average molecular weight is 498 g/mol. The zero-order valence-corrected chi connectivity index (χ0v) is 23.8. The van der Waals surface area contributed by atoms with Gasteiger partial charge in [-0.1, -0.05) is 61.5 Å². The summed E-state index contributed by atoms with van der Waals surface area (Å²) in [5.41, 5.74) is -1.94. The second kappa shape index (κ2) is 11.9. The Morgan fingerprint density at radius 1 is 0.857 bits per heavy atom. The quantitative estimate of drug-likeness (QED) is 0.436. The molecular weight excluding hydrogens is 450 g/mol. The number of nitrogens with zero attached hydrogens (tertiary/aromatic N) is 1. The lowest BCUT2D eigenvalue weighted by atomic mass is 9.82. The van der Waals surface area contributed by atoms with Gasteiger partial charge in [-0.2, -0.15) is 0 Å². The minimum Gasteiger partial charge on any atom is -0.478 e. The van der Waals surface area contributed by atoms with Crippen LogP contribution in [0, 0.1) is 16.7 Å². The van der Waals surface area contributed by atoms with Gasteiger partial charge in [0.25, 0.3) is 0 Å². The van der Waals surface area contributed by atoms with Crippen LogP contribution in [-0.2, 0) is 19.1 Å². The van der Waals surface area contributed by atoms with E-state index in [1.54, 1.807) is 20.8 Å². The van der Waals surface area contributed by atoms with Gasteiger partial charge in [-0.25, -0.2) is 9.59 Å². The third kappa shape index (κ3) is 10.7. The molecular formula is C26H47N3O6. The molecule has 0 aliphatic rings. The lowest BCUT2D eigenvalue weighted by Gasteiger charge is -2.39. The highest BCUT2D eigenvalue weighted by atomic mass is 16.6. The first-order valence-electron chi connectivity index (χ1n) is 12.0. The monoisotopic (exact) mass is 497 g/mol. The van der Waals surface area contributed by atoms with Gasteiger partial charge in [0.05, 0.1) is 6.04 Å². The van der Waals surface area contributed by atoms with Gasteiger partial charge in [-0.05, 0) is 44.4 Å². The minimum atomic E-state index is -1.07. The Morgan fingerprint density at radius 3 is 1.69 bits per heavy atom.